The van der Waals surface area contributed by atoms with Crippen LogP contribution < -0.4 is 20.1 Å². The highest BCUT2D eigenvalue weighted by Gasteiger charge is 2.10. The van der Waals surface area contributed by atoms with Gasteiger partial charge in [-0.25, -0.2) is 8.42 Å². The minimum atomic E-state index is -3.60. The van der Waals surface area contributed by atoms with Crippen molar-refractivity contribution >= 4 is 27.4 Å². The predicted molar refractivity (Wildman–Crippen MR) is 100 cm³/mol. The molecule has 0 heterocycles. The summed E-state index contributed by atoms with van der Waals surface area (Å²) in [6, 6.07) is 12.6. The molecule has 0 aliphatic heterocycles. The van der Waals surface area contributed by atoms with E-state index in [1.165, 1.54) is 7.11 Å². The molecular weight excluding hydrogens is 342 g/mol. The van der Waals surface area contributed by atoms with E-state index >= 15 is 0 Å². The molecule has 0 aromatic heterocycles. The van der Waals surface area contributed by atoms with Gasteiger partial charge in [0.05, 0.1) is 20.5 Å². The van der Waals surface area contributed by atoms with Crippen LogP contribution in [0.5, 0.6) is 11.5 Å². The average molecular weight is 363 g/mol. The lowest BCUT2D eigenvalue weighted by Crippen LogP contribution is -2.24. The number of ether oxygens (including phenoxy) is 2. The van der Waals surface area contributed by atoms with Gasteiger partial charge in [0, 0.05) is 17.4 Å². The summed E-state index contributed by atoms with van der Waals surface area (Å²) in [5, 5.41) is 5.97. The Morgan fingerprint density at radius 3 is 2.28 bits per heavy atom. The highest BCUT2D eigenvalue weighted by molar-refractivity contribution is 7.89. The molecule has 2 aromatic carbocycles. The van der Waals surface area contributed by atoms with Gasteiger partial charge in [0.1, 0.15) is 0 Å². The zero-order valence-corrected chi connectivity index (χ0v) is 15.3. The minimum Gasteiger partial charge on any atom is -0.493 e. The van der Waals surface area contributed by atoms with E-state index in [1.54, 1.807) is 25.3 Å². The fourth-order valence-electron chi connectivity index (χ4n) is 2.13. The summed E-state index contributed by atoms with van der Waals surface area (Å²) in [5.74, 6) is 1.17. The molecule has 25 heavy (non-hydrogen) atoms. The summed E-state index contributed by atoms with van der Waals surface area (Å²) in [4.78, 5) is 0. The third-order valence-corrected chi connectivity index (χ3v) is 3.82. The number of sulfonamides is 1. The number of hydrogen-bond acceptors (Lipinski definition) is 4. The van der Waals surface area contributed by atoms with Crippen LogP contribution in [0.4, 0.5) is 11.4 Å². The number of hydrogen-bond donors (Lipinski definition) is 2. The van der Waals surface area contributed by atoms with Crippen LogP contribution in [0.1, 0.15) is 5.56 Å². The van der Waals surface area contributed by atoms with E-state index in [0.717, 1.165) is 17.5 Å². The first-order valence-electron chi connectivity index (χ1n) is 7.44. The number of rotatable bonds is 5. The van der Waals surface area contributed by atoms with Crippen molar-refractivity contribution in [3.05, 3.63) is 48.0 Å². The molecule has 2 N–H and O–H groups in total. The number of anilines is 2. The van der Waals surface area contributed by atoms with Crippen molar-refractivity contribution in [2.45, 2.75) is 6.92 Å². The second kappa shape index (κ2) is 7.89. The molecule has 2 rings (SSSR count). The third-order valence-electron chi connectivity index (χ3n) is 3.30. The molecule has 2 aromatic rings. The maximum atomic E-state index is 11.6. The summed E-state index contributed by atoms with van der Waals surface area (Å²) in [7, 11) is -0.528. The first-order valence-corrected chi connectivity index (χ1v) is 9.29. The van der Waals surface area contributed by atoms with Crippen LogP contribution in [0.25, 0.3) is 0 Å². The van der Waals surface area contributed by atoms with E-state index in [1.807, 2.05) is 31.2 Å². The lowest BCUT2D eigenvalue weighted by atomic mass is 10.2. The Kier molecular flexibility index (Phi) is 5.87. The van der Waals surface area contributed by atoms with Crippen LogP contribution in [-0.2, 0) is 10.0 Å². The molecule has 0 spiro atoms. The summed E-state index contributed by atoms with van der Waals surface area (Å²) in [5.41, 5.74) is 2.30. The Balaban J connectivity index is 2.35. The van der Waals surface area contributed by atoms with Gasteiger partial charge in [-0.2, -0.15) is 0 Å². The van der Waals surface area contributed by atoms with Crippen LogP contribution >= 0.6 is 0 Å². The Morgan fingerprint density at radius 2 is 1.68 bits per heavy atom. The Labute approximate surface area is 147 Å². The SMILES string of the molecule is COc1ccc(N/C(=N\S(C)(=O)=O)Nc2ccccc2C)cc1OC. The van der Waals surface area contributed by atoms with Crippen LogP contribution in [0.3, 0.4) is 0 Å². The second-order valence-electron chi connectivity index (χ2n) is 5.31. The zero-order valence-electron chi connectivity index (χ0n) is 14.5. The molecule has 0 fully saturated rings. The smallest absolute Gasteiger partial charge is 0.253 e. The predicted octanol–water partition coefficient (Wildman–Crippen LogP) is 2.85. The fourth-order valence-corrected chi connectivity index (χ4v) is 2.56. The minimum absolute atomic E-state index is 0.0871. The third kappa shape index (κ3) is 5.39. The summed E-state index contributed by atoms with van der Waals surface area (Å²) >= 11 is 0. The molecule has 0 bridgehead atoms. The normalized spacial score (nSPS) is 11.8. The van der Waals surface area contributed by atoms with Gasteiger partial charge in [0.25, 0.3) is 10.0 Å². The number of nitrogens with zero attached hydrogens (tertiary/aromatic N) is 1. The Hall–Kier alpha value is -2.74. The van der Waals surface area contributed by atoms with Crippen molar-refractivity contribution < 1.29 is 17.9 Å². The molecule has 0 aliphatic rings. The van der Waals surface area contributed by atoms with E-state index in [2.05, 4.69) is 15.0 Å². The standard InChI is InChI=1S/C17H21N3O4S/c1-12-7-5-6-8-14(12)19-17(20-25(4,21)22)18-13-9-10-15(23-2)16(11-13)24-3/h5-11H,1-4H3,(H2,18,19,20). The number of aryl methyl sites for hydroxylation is 1. The van der Waals surface area contributed by atoms with Crippen LogP contribution in [-0.4, -0.2) is 34.9 Å². The van der Waals surface area contributed by atoms with Gasteiger partial charge >= 0.3 is 0 Å². The summed E-state index contributed by atoms with van der Waals surface area (Å²) in [6.45, 7) is 1.91. The molecule has 0 saturated heterocycles. The zero-order chi connectivity index (χ0) is 18.4. The molecule has 8 heteroatoms. The fraction of sp³-hybridized carbons (Fsp3) is 0.235. The number of nitrogens with one attached hydrogen (secondary N) is 2. The number of methoxy groups -OCH3 is 2. The molecule has 7 nitrogen and oxygen atoms in total. The number of guanidine groups is 1. The van der Waals surface area contributed by atoms with Crippen molar-refractivity contribution in [3.63, 3.8) is 0 Å². The van der Waals surface area contributed by atoms with Gasteiger partial charge < -0.3 is 20.1 Å². The second-order valence-corrected chi connectivity index (χ2v) is 6.96. The van der Waals surface area contributed by atoms with Crippen molar-refractivity contribution in [1.82, 2.24) is 0 Å². The number of para-hydroxylation sites is 1. The van der Waals surface area contributed by atoms with E-state index in [4.69, 9.17) is 9.47 Å². The van der Waals surface area contributed by atoms with E-state index in [-0.39, 0.29) is 5.96 Å². The van der Waals surface area contributed by atoms with Gasteiger partial charge in [-0.1, -0.05) is 18.2 Å². The summed E-state index contributed by atoms with van der Waals surface area (Å²) in [6.07, 6.45) is 1.03. The maximum absolute atomic E-state index is 11.6. The molecule has 0 aliphatic carbocycles. The van der Waals surface area contributed by atoms with Gasteiger partial charge in [0.2, 0.25) is 5.96 Å². The molecule has 0 radical (unpaired) electrons. The van der Waals surface area contributed by atoms with Crippen molar-refractivity contribution in [2.75, 3.05) is 31.1 Å². The van der Waals surface area contributed by atoms with Crippen molar-refractivity contribution in [3.8, 4) is 11.5 Å². The van der Waals surface area contributed by atoms with Crippen LogP contribution in [0.2, 0.25) is 0 Å². The number of benzene rings is 2. The molecule has 134 valence electrons. The van der Waals surface area contributed by atoms with Crippen molar-refractivity contribution in [2.24, 2.45) is 4.40 Å². The average Bonchev–Trinajstić information content (AvgIpc) is 2.55. The Bertz CT molecular complexity index is 879. The largest absolute Gasteiger partial charge is 0.493 e. The topological polar surface area (TPSA) is 89.0 Å². The van der Waals surface area contributed by atoms with Crippen LogP contribution in [0.15, 0.2) is 46.9 Å². The Morgan fingerprint density at radius 1 is 1.00 bits per heavy atom. The molecule has 0 amide bonds. The van der Waals surface area contributed by atoms with Gasteiger partial charge in [-0.05, 0) is 30.7 Å². The lowest BCUT2D eigenvalue weighted by Gasteiger charge is -2.15. The van der Waals surface area contributed by atoms with E-state index in [9.17, 15) is 8.42 Å². The maximum Gasteiger partial charge on any atom is 0.253 e. The first kappa shape index (κ1) is 18.6. The lowest BCUT2D eigenvalue weighted by molar-refractivity contribution is 0.355. The molecule has 0 atom stereocenters. The first-order chi connectivity index (χ1) is 11.8. The van der Waals surface area contributed by atoms with Gasteiger partial charge in [-0.3, -0.25) is 0 Å². The van der Waals surface area contributed by atoms with Gasteiger partial charge in [0.15, 0.2) is 11.5 Å². The summed E-state index contributed by atoms with van der Waals surface area (Å²) < 4.78 is 37.4. The highest BCUT2D eigenvalue weighted by atomic mass is 32.2. The van der Waals surface area contributed by atoms with E-state index in [0.29, 0.717) is 17.2 Å². The molecule has 0 saturated carbocycles. The molecular formula is C17H21N3O4S. The monoisotopic (exact) mass is 363 g/mol. The van der Waals surface area contributed by atoms with E-state index < -0.39 is 10.0 Å². The van der Waals surface area contributed by atoms with Gasteiger partial charge in [-0.15, -0.1) is 4.40 Å². The quantitative estimate of drug-likeness (QED) is 0.627. The van der Waals surface area contributed by atoms with Crippen LogP contribution in [0, 0.1) is 6.92 Å². The molecule has 0 unspecified atom stereocenters. The van der Waals surface area contributed by atoms with Crippen molar-refractivity contribution in [1.29, 1.82) is 0 Å². The highest BCUT2D eigenvalue weighted by Crippen LogP contribution is 2.29.